The van der Waals surface area contributed by atoms with Crippen molar-refractivity contribution in [3.63, 3.8) is 0 Å². The normalized spacial score (nSPS) is 10.5. The van der Waals surface area contributed by atoms with E-state index in [2.05, 4.69) is 10.6 Å². The van der Waals surface area contributed by atoms with Crippen LogP contribution in [0.3, 0.4) is 0 Å². The number of hydrogen-bond acceptors (Lipinski definition) is 3. The summed E-state index contributed by atoms with van der Waals surface area (Å²) in [6.07, 6.45) is -1.60. The number of phenolic OH excluding ortho intramolecular Hbond substituents is 1. The molecule has 29 heavy (non-hydrogen) atoms. The number of amides is 2. The van der Waals surface area contributed by atoms with Crippen molar-refractivity contribution in [1.29, 1.82) is 0 Å². The molecule has 0 aliphatic carbocycles. The van der Waals surface area contributed by atoms with Gasteiger partial charge in [0.15, 0.2) is 0 Å². The smallest absolute Gasteiger partial charge is 0.409 e. The van der Waals surface area contributed by atoms with E-state index in [0.717, 1.165) is 16.7 Å². The molecule has 5 N–H and O–H groups in total. The summed E-state index contributed by atoms with van der Waals surface area (Å²) in [5, 5.41) is 31.9. The Morgan fingerprint density at radius 2 is 1.10 bits per heavy atom. The van der Waals surface area contributed by atoms with E-state index in [0.29, 0.717) is 17.8 Å². The van der Waals surface area contributed by atoms with Gasteiger partial charge in [-0.15, -0.1) is 0 Å². The predicted octanol–water partition coefficient (Wildman–Crippen LogP) is 4.95. The summed E-state index contributed by atoms with van der Waals surface area (Å²) in [5.74, 6) is 0.149. The molecule has 2 amide bonds. The van der Waals surface area contributed by atoms with Crippen LogP contribution >= 0.6 is 0 Å². The van der Waals surface area contributed by atoms with Crippen LogP contribution in [0.25, 0.3) is 0 Å². The van der Waals surface area contributed by atoms with Gasteiger partial charge in [0.1, 0.15) is 5.75 Å². The molecule has 3 aromatic rings. The minimum Gasteiger partial charge on any atom is -0.508 e. The number of hydrogen-bond donors (Lipinski definition) is 5. The van der Waals surface area contributed by atoms with E-state index in [1.807, 2.05) is 36.4 Å². The summed E-state index contributed by atoms with van der Waals surface area (Å²) in [6.45, 7) is 0. The molecule has 0 fully saturated rings. The molecule has 148 valence electrons. The maximum absolute atomic E-state index is 10.8. The number of phenols is 1. The van der Waals surface area contributed by atoms with E-state index in [1.165, 1.54) is 0 Å². The van der Waals surface area contributed by atoms with Crippen LogP contribution < -0.4 is 10.6 Å². The molecule has 0 unspecified atom stereocenters. The van der Waals surface area contributed by atoms with Gasteiger partial charge in [-0.05, 0) is 59.5 Å². The van der Waals surface area contributed by atoms with Crippen LogP contribution in [0, 0.1) is 0 Å². The highest BCUT2D eigenvalue weighted by molar-refractivity contribution is 5.83. The van der Waals surface area contributed by atoms with Crippen LogP contribution in [0.5, 0.6) is 5.75 Å². The van der Waals surface area contributed by atoms with Gasteiger partial charge in [-0.3, -0.25) is 10.6 Å². The van der Waals surface area contributed by atoms with E-state index >= 15 is 0 Å². The van der Waals surface area contributed by atoms with Crippen molar-refractivity contribution in [1.82, 2.24) is 0 Å². The molecule has 0 saturated heterocycles. The lowest BCUT2D eigenvalue weighted by Crippen LogP contribution is -2.09. The van der Waals surface area contributed by atoms with Crippen molar-refractivity contribution in [3.05, 3.63) is 89.5 Å². The van der Waals surface area contributed by atoms with Gasteiger partial charge in [-0.2, -0.15) is 0 Å². The van der Waals surface area contributed by atoms with Gasteiger partial charge < -0.3 is 15.3 Å². The second kappa shape index (κ2) is 8.79. The molecule has 0 saturated carbocycles. The van der Waals surface area contributed by atoms with E-state index in [1.54, 1.807) is 36.4 Å². The van der Waals surface area contributed by atoms with Crippen molar-refractivity contribution in [2.24, 2.45) is 0 Å². The zero-order valence-electron chi connectivity index (χ0n) is 15.4. The molecular formula is C22H20N2O5. The Morgan fingerprint density at radius 3 is 1.48 bits per heavy atom. The van der Waals surface area contributed by atoms with Crippen LogP contribution in [-0.4, -0.2) is 27.5 Å². The number of benzene rings is 3. The van der Waals surface area contributed by atoms with Crippen molar-refractivity contribution >= 4 is 23.6 Å². The first-order chi connectivity index (χ1) is 13.9. The third-order valence-corrected chi connectivity index (χ3v) is 4.50. The fourth-order valence-corrected chi connectivity index (χ4v) is 3.14. The van der Waals surface area contributed by atoms with Gasteiger partial charge in [0, 0.05) is 17.3 Å². The van der Waals surface area contributed by atoms with Crippen LogP contribution in [0.4, 0.5) is 21.0 Å². The standard InChI is InChI=1S/C22H20N2O5/c25-19-11-1-14(2-12-19)13-20(15-3-7-17(8-4-15)23-21(26)27)16-5-9-18(10-6-16)24-22(28)29/h1-12,20,23-25H,13H2,(H,26,27)(H,28,29). The average molecular weight is 392 g/mol. The number of carboxylic acid groups (broad SMARTS) is 2. The van der Waals surface area contributed by atoms with Gasteiger partial charge >= 0.3 is 12.2 Å². The van der Waals surface area contributed by atoms with E-state index in [-0.39, 0.29) is 11.7 Å². The molecule has 0 atom stereocenters. The van der Waals surface area contributed by atoms with Crippen molar-refractivity contribution in [3.8, 4) is 5.75 Å². The van der Waals surface area contributed by atoms with Gasteiger partial charge in [-0.1, -0.05) is 36.4 Å². The largest absolute Gasteiger partial charge is 0.508 e. The monoisotopic (exact) mass is 392 g/mol. The quantitative estimate of drug-likeness (QED) is 0.407. The third-order valence-electron chi connectivity index (χ3n) is 4.50. The molecule has 7 heteroatoms. The third kappa shape index (κ3) is 5.49. The molecule has 0 aliphatic heterocycles. The first kappa shape index (κ1) is 19.8. The zero-order valence-corrected chi connectivity index (χ0v) is 15.4. The number of nitrogens with one attached hydrogen (secondary N) is 2. The summed E-state index contributed by atoms with van der Waals surface area (Å²) in [5.41, 5.74) is 3.94. The Balaban J connectivity index is 1.91. The molecular weight excluding hydrogens is 372 g/mol. The zero-order chi connectivity index (χ0) is 20.8. The SMILES string of the molecule is O=C(O)Nc1ccc(C(Cc2ccc(O)cc2)c2ccc(NC(=O)O)cc2)cc1. The Morgan fingerprint density at radius 1 is 0.690 bits per heavy atom. The lowest BCUT2D eigenvalue weighted by Gasteiger charge is -2.19. The van der Waals surface area contributed by atoms with E-state index in [9.17, 15) is 14.7 Å². The van der Waals surface area contributed by atoms with Crippen LogP contribution in [0.1, 0.15) is 22.6 Å². The molecule has 3 rings (SSSR count). The Hall–Kier alpha value is -4.00. The minimum absolute atomic E-state index is 0.0442. The minimum atomic E-state index is -1.13. The Labute approximate surface area is 167 Å². The fraction of sp³-hybridized carbons (Fsp3) is 0.0909. The summed E-state index contributed by atoms with van der Waals surface area (Å²) in [6, 6.07) is 21.2. The van der Waals surface area contributed by atoms with Crippen LogP contribution in [0.2, 0.25) is 0 Å². The van der Waals surface area contributed by atoms with Gasteiger partial charge in [-0.25, -0.2) is 9.59 Å². The number of anilines is 2. The van der Waals surface area contributed by atoms with Gasteiger partial charge in [0.05, 0.1) is 0 Å². The Kier molecular flexibility index (Phi) is 5.99. The Bertz CT molecular complexity index is 924. The van der Waals surface area contributed by atoms with E-state index in [4.69, 9.17) is 10.2 Å². The highest BCUT2D eigenvalue weighted by Crippen LogP contribution is 2.31. The summed E-state index contributed by atoms with van der Waals surface area (Å²) < 4.78 is 0. The van der Waals surface area contributed by atoms with Crippen molar-refractivity contribution < 1.29 is 24.9 Å². The molecule has 3 aromatic carbocycles. The number of rotatable bonds is 6. The second-order valence-electron chi connectivity index (χ2n) is 6.53. The lowest BCUT2D eigenvalue weighted by atomic mass is 9.86. The number of carbonyl (C=O) groups is 2. The van der Waals surface area contributed by atoms with Crippen LogP contribution in [-0.2, 0) is 6.42 Å². The first-order valence-corrected chi connectivity index (χ1v) is 8.88. The molecule has 0 aliphatic rings. The summed E-state index contributed by atoms with van der Waals surface area (Å²) >= 11 is 0. The maximum Gasteiger partial charge on any atom is 0.409 e. The highest BCUT2D eigenvalue weighted by atomic mass is 16.4. The predicted molar refractivity (Wildman–Crippen MR) is 110 cm³/mol. The molecule has 0 aromatic heterocycles. The fourth-order valence-electron chi connectivity index (χ4n) is 3.14. The first-order valence-electron chi connectivity index (χ1n) is 8.88. The maximum atomic E-state index is 10.8. The molecule has 0 bridgehead atoms. The molecule has 0 heterocycles. The molecule has 0 radical (unpaired) electrons. The van der Waals surface area contributed by atoms with E-state index < -0.39 is 12.2 Å². The summed E-state index contributed by atoms with van der Waals surface area (Å²) in [4.78, 5) is 21.6. The van der Waals surface area contributed by atoms with Gasteiger partial charge in [0.25, 0.3) is 0 Å². The second-order valence-corrected chi connectivity index (χ2v) is 6.53. The lowest BCUT2D eigenvalue weighted by molar-refractivity contribution is 0.208. The van der Waals surface area contributed by atoms with Crippen LogP contribution in [0.15, 0.2) is 72.8 Å². The summed E-state index contributed by atoms with van der Waals surface area (Å²) in [7, 11) is 0. The molecule has 0 spiro atoms. The van der Waals surface area contributed by atoms with Gasteiger partial charge in [0.2, 0.25) is 0 Å². The van der Waals surface area contributed by atoms with Crippen molar-refractivity contribution in [2.75, 3.05) is 10.6 Å². The average Bonchev–Trinajstić information content (AvgIpc) is 2.68. The van der Waals surface area contributed by atoms with Crippen molar-refractivity contribution in [2.45, 2.75) is 12.3 Å². The number of aromatic hydroxyl groups is 1. The highest BCUT2D eigenvalue weighted by Gasteiger charge is 2.16. The topological polar surface area (TPSA) is 119 Å². The molecule has 7 nitrogen and oxygen atoms in total.